The summed E-state index contributed by atoms with van der Waals surface area (Å²) in [5.41, 5.74) is 0.921. The van der Waals surface area contributed by atoms with E-state index in [2.05, 4.69) is 10.1 Å². The van der Waals surface area contributed by atoms with Crippen LogP contribution in [0.4, 0.5) is 18.0 Å². The lowest BCUT2D eigenvalue weighted by molar-refractivity contribution is -0.274. The first-order valence-corrected chi connectivity index (χ1v) is 9.15. The molecule has 5 nitrogen and oxygen atoms in total. The second kappa shape index (κ2) is 6.50. The summed E-state index contributed by atoms with van der Waals surface area (Å²) in [5.74, 6) is -0.320. The Hall–Kier alpha value is -3.03. The van der Waals surface area contributed by atoms with Crippen molar-refractivity contribution >= 4 is 12.4 Å². The molecular formula is C21H18F3NO4. The van der Waals surface area contributed by atoms with Crippen molar-refractivity contribution in [1.29, 1.82) is 0 Å². The largest absolute Gasteiger partial charge is 0.573 e. The van der Waals surface area contributed by atoms with Crippen LogP contribution in [0, 0.1) is 5.41 Å². The monoisotopic (exact) mass is 405 g/mol. The number of carbonyl (C=O) groups is 2. The maximum atomic E-state index is 12.5. The van der Waals surface area contributed by atoms with Crippen LogP contribution in [0.25, 0.3) is 11.1 Å². The molecule has 1 saturated carbocycles. The van der Waals surface area contributed by atoms with Crippen molar-refractivity contribution in [2.24, 2.45) is 5.41 Å². The molecule has 4 rings (SSSR count). The van der Waals surface area contributed by atoms with Crippen molar-refractivity contribution in [1.82, 2.24) is 5.32 Å². The van der Waals surface area contributed by atoms with Gasteiger partial charge in [-0.25, -0.2) is 4.79 Å². The number of aldehydes is 1. The molecule has 2 aromatic carbocycles. The maximum absolute atomic E-state index is 12.5. The molecule has 8 heteroatoms. The van der Waals surface area contributed by atoms with Crippen molar-refractivity contribution in [3.05, 3.63) is 53.6 Å². The van der Waals surface area contributed by atoms with Gasteiger partial charge in [0.25, 0.3) is 0 Å². The van der Waals surface area contributed by atoms with E-state index in [9.17, 15) is 27.9 Å². The minimum atomic E-state index is -4.78. The Morgan fingerprint density at radius 3 is 2.45 bits per heavy atom. The minimum Gasteiger partial charge on any atom is -0.465 e. The van der Waals surface area contributed by atoms with Crippen molar-refractivity contribution in [2.75, 3.05) is 0 Å². The molecule has 0 radical (unpaired) electrons. The number of hydrogen-bond donors (Lipinski definition) is 2. The lowest BCUT2D eigenvalue weighted by Crippen LogP contribution is -2.55. The van der Waals surface area contributed by atoms with E-state index < -0.39 is 23.4 Å². The number of carboxylic acid groups (broad SMARTS) is 1. The summed E-state index contributed by atoms with van der Waals surface area (Å²) in [6.45, 7) is 0. The third-order valence-electron chi connectivity index (χ3n) is 5.97. The number of ether oxygens (including phenoxy) is 1. The van der Waals surface area contributed by atoms with Crippen LogP contribution in [0.15, 0.2) is 42.5 Å². The Labute approximate surface area is 164 Å². The van der Waals surface area contributed by atoms with Crippen LogP contribution in [0.2, 0.25) is 0 Å². The molecule has 0 bridgehead atoms. The van der Waals surface area contributed by atoms with E-state index in [4.69, 9.17) is 0 Å². The third kappa shape index (κ3) is 3.32. The fourth-order valence-electron chi connectivity index (χ4n) is 4.48. The summed E-state index contributed by atoms with van der Waals surface area (Å²) in [4.78, 5) is 23.5. The Morgan fingerprint density at radius 1 is 1.10 bits per heavy atom. The fraction of sp³-hybridized carbons (Fsp3) is 0.333. The van der Waals surface area contributed by atoms with Crippen LogP contribution in [0.3, 0.4) is 0 Å². The molecule has 1 spiro atoms. The number of alkyl halides is 3. The average Bonchev–Trinajstić information content (AvgIpc) is 3.43. The van der Waals surface area contributed by atoms with E-state index in [0.717, 1.165) is 18.4 Å². The first kappa shape index (κ1) is 19.3. The van der Waals surface area contributed by atoms with Crippen LogP contribution in [-0.4, -0.2) is 23.8 Å². The van der Waals surface area contributed by atoms with Crippen LogP contribution >= 0.6 is 0 Å². The molecule has 2 aliphatic carbocycles. The quantitative estimate of drug-likeness (QED) is 0.727. The van der Waals surface area contributed by atoms with E-state index in [0.29, 0.717) is 35.8 Å². The van der Waals surface area contributed by atoms with E-state index in [-0.39, 0.29) is 5.75 Å². The van der Waals surface area contributed by atoms with Gasteiger partial charge in [0.2, 0.25) is 0 Å². The maximum Gasteiger partial charge on any atom is 0.573 e. The predicted octanol–water partition coefficient (Wildman–Crippen LogP) is 4.64. The standard InChI is InChI=1S/C21H18F3NO4/c22-21(23,24)29-16-3-1-2-13(11-16)14-4-5-17-15(10-14)6-7-19(8-9-19)20(17,12-26)25-18(27)28/h1-5,10-12,25H,6-9H2,(H,27,28)/t20-/m1/s1. The van der Waals surface area contributed by atoms with Gasteiger partial charge in [-0.15, -0.1) is 13.2 Å². The summed E-state index contributed by atoms with van der Waals surface area (Å²) in [6, 6.07) is 10.8. The van der Waals surface area contributed by atoms with Gasteiger partial charge in [-0.2, -0.15) is 0 Å². The van der Waals surface area contributed by atoms with E-state index >= 15 is 0 Å². The molecular weight excluding hydrogens is 387 g/mol. The summed E-state index contributed by atoms with van der Waals surface area (Å²) in [5, 5.41) is 11.8. The second-order valence-electron chi connectivity index (χ2n) is 7.58. The lowest BCUT2D eigenvalue weighted by atomic mass is 9.67. The Kier molecular flexibility index (Phi) is 4.33. The summed E-state index contributed by atoms with van der Waals surface area (Å²) in [6.07, 6.45) is -2.49. The first-order chi connectivity index (χ1) is 13.7. The fourth-order valence-corrected chi connectivity index (χ4v) is 4.48. The number of fused-ring (bicyclic) bond motifs is 1. The minimum absolute atomic E-state index is 0.320. The SMILES string of the molecule is O=C[C@@]1(NC(=O)O)c2ccc(-c3cccc(OC(F)(F)F)c3)cc2CCC12CC2. The van der Waals surface area contributed by atoms with Gasteiger partial charge < -0.3 is 20.0 Å². The highest BCUT2D eigenvalue weighted by atomic mass is 19.4. The molecule has 2 aromatic rings. The number of nitrogens with one attached hydrogen (secondary N) is 1. The van der Waals surface area contributed by atoms with Crippen LogP contribution in [0.5, 0.6) is 5.75 Å². The highest BCUT2D eigenvalue weighted by Gasteiger charge is 2.63. The zero-order chi connectivity index (χ0) is 20.9. The van der Waals surface area contributed by atoms with Crippen LogP contribution in [0.1, 0.15) is 30.4 Å². The van der Waals surface area contributed by atoms with Gasteiger partial charge in [0, 0.05) is 5.41 Å². The Bertz CT molecular complexity index is 984. The molecule has 152 valence electrons. The van der Waals surface area contributed by atoms with E-state index in [1.807, 2.05) is 0 Å². The van der Waals surface area contributed by atoms with Crippen LogP contribution < -0.4 is 10.1 Å². The first-order valence-electron chi connectivity index (χ1n) is 9.15. The van der Waals surface area contributed by atoms with Gasteiger partial charge in [0.1, 0.15) is 11.3 Å². The van der Waals surface area contributed by atoms with Crippen molar-refractivity contribution in [2.45, 2.75) is 37.6 Å². The normalized spacial score (nSPS) is 21.9. The van der Waals surface area contributed by atoms with Gasteiger partial charge in [-0.1, -0.05) is 30.3 Å². The topological polar surface area (TPSA) is 75.6 Å². The molecule has 2 N–H and O–H groups in total. The van der Waals surface area contributed by atoms with Crippen LogP contribution in [-0.2, 0) is 16.8 Å². The van der Waals surface area contributed by atoms with Gasteiger partial charge in [-0.3, -0.25) is 0 Å². The number of amides is 1. The molecule has 0 saturated heterocycles. The van der Waals surface area contributed by atoms with Gasteiger partial charge in [-0.05, 0) is 60.1 Å². The second-order valence-corrected chi connectivity index (χ2v) is 7.58. The Balaban J connectivity index is 1.74. The molecule has 0 unspecified atom stereocenters. The summed E-state index contributed by atoms with van der Waals surface area (Å²) in [7, 11) is 0. The van der Waals surface area contributed by atoms with Crippen molar-refractivity contribution in [3.63, 3.8) is 0 Å². The molecule has 2 aliphatic rings. The Morgan fingerprint density at radius 2 is 1.83 bits per heavy atom. The number of hydrogen-bond acceptors (Lipinski definition) is 3. The summed E-state index contributed by atoms with van der Waals surface area (Å²) >= 11 is 0. The molecule has 29 heavy (non-hydrogen) atoms. The molecule has 1 fully saturated rings. The zero-order valence-corrected chi connectivity index (χ0v) is 15.3. The van der Waals surface area contributed by atoms with Gasteiger partial charge in [0.15, 0.2) is 6.29 Å². The van der Waals surface area contributed by atoms with E-state index in [1.54, 1.807) is 24.3 Å². The number of carbonyl (C=O) groups excluding carboxylic acids is 1. The number of benzene rings is 2. The van der Waals surface area contributed by atoms with Gasteiger partial charge in [0.05, 0.1) is 0 Å². The average molecular weight is 405 g/mol. The molecule has 0 aliphatic heterocycles. The summed E-state index contributed by atoms with van der Waals surface area (Å²) < 4.78 is 41.5. The third-order valence-corrected chi connectivity index (χ3v) is 5.97. The highest BCUT2D eigenvalue weighted by Crippen LogP contribution is 2.63. The highest BCUT2D eigenvalue weighted by molar-refractivity contribution is 5.81. The number of aryl methyl sites for hydroxylation is 1. The predicted molar refractivity (Wildman–Crippen MR) is 97.5 cm³/mol. The van der Waals surface area contributed by atoms with E-state index in [1.165, 1.54) is 18.2 Å². The molecule has 0 heterocycles. The zero-order valence-electron chi connectivity index (χ0n) is 15.3. The van der Waals surface area contributed by atoms with Crippen molar-refractivity contribution in [3.8, 4) is 16.9 Å². The van der Waals surface area contributed by atoms with Gasteiger partial charge >= 0.3 is 12.5 Å². The lowest BCUT2D eigenvalue weighted by Gasteiger charge is -2.42. The number of rotatable bonds is 4. The molecule has 0 aromatic heterocycles. The van der Waals surface area contributed by atoms with Crippen molar-refractivity contribution < 1.29 is 32.6 Å². The number of halogens is 3. The molecule has 1 atom stereocenters. The smallest absolute Gasteiger partial charge is 0.465 e. The molecule has 1 amide bonds.